The molecule has 5 heteroatoms. The predicted molar refractivity (Wildman–Crippen MR) is 70.7 cm³/mol. The van der Waals surface area contributed by atoms with Gasteiger partial charge in [-0.1, -0.05) is 0 Å². The predicted octanol–water partition coefficient (Wildman–Crippen LogP) is 1.62. The largest absolute Gasteiger partial charge is 0.444 e. The molecule has 106 valence electrons. The smallest absolute Gasteiger partial charge is 0.410 e. The number of hydrogen-bond donors (Lipinski definition) is 1. The van der Waals surface area contributed by atoms with Crippen molar-refractivity contribution in [1.29, 1.82) is 0 Å². The van der Waals surface area contributed by atoms with E-state index in [9.17, 15) is 4.79 Å². The number of carbonyl (C=O) groups is 1. The minimum Gasteiger partial charge on any atom is -0.444 e. The van der Waals surface area contributed by atoms with Crippen LogP contribution in [0.2, 0.25) is 0 Å². The van der Waals surface area contributed by atoms with Crippen LogP contribution in [0, 0.1) is 0 Å². The van der Waals surface area contributed by atoms with Crippen LogP contribution < -0.4 is 5.32 Å². The highest BCUT2D eigenvalue weighted by Crippen LogP contribution is 2.10. The first-order chi connectivity index (χ1) is 8.42. The fraction of sp³-hybridized carbons (Fsp3) is 0.923. The number of nitrogens with one attached hydrogen (secondary N) is 1. The summed E-state index contributed by atoms with van der Waals surface area (Å²) in [6.07, 6.45) is 0.709. The Kier molecular flexibility index (Phi) is 5.88. The highest BCUT2D eigenvalue weighted by molar-refractivity contribution is 5.68. The van der Waals surface area contributed by atoms with Crippen LogP contribution in [-0.2, 0) is 9.47 Å². The Morgan fingerprint density at radius 1 is 1.44 bits per heavy atom. The van der Waals surface area contributed by atoms with E-state index in [4.69, 9.17) is 9.47 Å². The summed E-state index contributed by atoms with van der Waals surface area (Å²) in [7, 11) is 0. The lowest BCUT2D eigenvalue weighted by atomic mass is 10.2. The second kappa shape index (κ2) is 6.95. The van der Waals surface area contributed by atoms with Crippen LogP contribution in [0.25, 0.3) is 0 Å². The lowest BCUT2D eigenvalue weighted by molar-refractivity contribution is -0.00548. The molecule has 0 aliphatic carbocycles. The standard InChI is InChI=1S/C13H26N2O3/c1-5-15(12(16)18-13(2,3)4)8-6-7-14-11-9-17-10-11/h11,14H,5-10H2,1-4H3. The molecule has 1 aliphatic heterocycles. The molecular weight excluding hydrogens is 232 g/mol. The van der Waals surface area contributed by atoms with Crippen molar-refractivity contribution >= 4 is 6.09 Å². The fourth-order valence-corrected chi connectivity index (χ4v) is 1.63. The first-order valence-electron chi connectivity index (χ1n) is 6.71. The molecule has 1 saturated heterocycles. The Balaban J connectivity index is 2.17. The Bertz CT molecular complexity index is 259. The van der Waals surface area contributed by atoms with Gasteiger partial charge >= 0.3 is 6.09 Å². The third-order valence-corrected chi connectivity index (χ3v) is 2.71. The average molecular weight is 258 g/mol. The van der Waals surface area contributed by atoms with Gasteiger partial charge in [-0.05, 0) is 40.7 Å². The molecule has 0 spiro atoms. The summed E-state index contributed by atoms with van der Waals surface area (Å²) in [5, 5.41) is 3.38. The normalized spacial score (nSPS) is 16.2. The maximum atomic E-state index is 11.8. The van der Waals surface area contributed by atoms with Crippen molar-refractivity contribution in [3.8, 4) is 0 Å². The van der Waals surface area contributed by atoms with Crippen molar-refractivity contribution in [1.82, 2.24) is 10.2 Å². The molecule has 0 aromatic heterocycles. The molecule has 1 heterocycles. The van der Waals surface area contributed by atoms with E-state index in [1.54, 1.807) is 4.90 Å². The van der Waals surface area contributed by atoms with Gasteiger partial charge in [-0.15, -0.1) is 0 Å². The molecule has 0 bridgehead atoms. The van der Waals surface area contributed by atoms with Crippen molar-refractivity contribution in [2.24, 2.45) is 0 Å². The van der Waals surface area contributed by atoms with Gasteiger partial charge in [0.15, 0.2) is 0 Å². The summed E-state index contributed by atoms with van der Waals surface area (Å²) in [4.78, 5) is 13.6. The molecule has 18 heavy (non-hydrogen) atoms. The van der Waals surface area contributed by atoms with Gasteiger partial charge < -0.3 is 19.7 Å². The molecule has 1 N–H and O–H groups in total. The summed E-state index contributed by atoms with van der Waals surface area (Å²) in [5.74, 6) is 0. The highest BCUT2D eigenvalue weighted by Gasteiger charge is 2.21. The van der Waals surface area contributed by atoms with Crippen molar-refractivity contribution in [3.63, 3.8) is 0 Å². The van der Waals surface area contributed by atoms with Crippen LogP contribution in [0.4, 0.5) is 4.79 Å². The van der Waals surface area contributed by atoms with E-state index < -0.39 is 5.60 Å². The van der Waals surface area contributed by atoms with Crippen LogP contribution >= 0.6 is 0 Å². The quantitative estimate of drug-likeness (QED) is 0.736. The van der Waals surface area contributed by atoms with Crippen LogP contribution in [0.5, 0.6) is 0 Å². The number of carbonyl (C=O) groups excluding carboxylic acids is 1. The van der Waals surface area contributed by atoms with Gasteiger partial charge in [0.05, 0.1) is 19.3 Å². The first kappa shape index (κ1) is 15.2. The molecule has 1 aliphatic rings. The molecule has 0 unspecified atom stereocenters. The van der Waals surface area contributed by atoms with Crippen molar-refractivity contribution < 1.29 is 14.3 Å². The number of rotatable bonds is 6. The number of nitrogens with zero attached hydrogens (tertiary/aromatic N) is 1. The van der Waals surface area contributed by atoms with Crippen molar-refractivity contribution in [3.05, 3.63) is 0 Å². The molecule has 5 nitrogen and oxygen atoms in total. The summed E-state index contributed by atoms with van der Waals surface area (Å²) in [6.45, 7) is 11.6. The van der Waals surface area contributed by atoms with E-state index in [1.165, 1.54) is 0 Å². The van der Waals surface area contributed by atoms with Crippen molar-refractivity contribution in [2.75, 3.05) is 32.8 Å². The van der Waals surface area contributed by atoms with Crippen molar-refractivity contribution in [2.45, 2.75) is 45.8 Å². The van der Waals surface area contributed by atoms with Gasteiger partial charge in [0.1, 0.15) is 5.60 Å². The van der Waals surface area contributed by atoms with E-state index in [0.717, 1.165) is 32.7 Å². The Hall–Kier alpha value is -0.810. The van der Waals surface area contributed by atoms with Gasteiger partial charge in [-0.25, -0.2) is 4.79 Å². The molecule has 0 saturated carbocycles. The van der Waals surface area contributed by atoms with Crippen LogP contribution in [0.1, 0.15) is 34.1 Å². The average Bonchev–Trinajstić information content (AvgIpc) is 2.17. The Morgan fingerprint density at radius 3 is 2.56 bits per heavy atom. The third-order valence-electron chi connectivity index (χ3n) is 2.71. The second-order valence-electron chi connectivity index (χ2n) is 5.60. The summed E-state index contributed by atoms with van der Waals surface area (Å²) < 4.78 is 10.4. The minimum absolute atomic E-state index is 0.225. The summed E-state index contributed by atoms with van der Waals surface area (Å²) in [6, 6.07) is 0.501. The first-order valence-corrected chi connectivity index (χ1v) is 6.71. The van der Waals surface area contributed by atoms with Gasteiger partial charge in [0.25, 0.3) is 0 Å². The maximum absolute atomic E-state index is 11.8. The van der Waals surface area contributed by atoms with E-state index in [2.05, 4.69) is 5.32 Å². The maximum Gasteiger partial charge on any atom is 0.410 e. The zero-order valence-corrected chi connectivity index (χ0v) is 12.0. The van der Waals surface area contributed by atoms with Crippen LogP contribution in [-0.4, -0.2) is 55.5 Å². The fourth-order valence-electron chi connectivity index (χ4n) is 1.63. The van der Waals surface area contributed by atoms with E-state index in [1.807, 2.05) is 27.7 Å². The molecule has 0 aromatic carbocycles. The van der Waals surface area contributed by atoms with E-state index >= 15 is 0 Å². The van der Waals surface area contributed by atoms with Gasteiger partial charge in [0.2, 0.25) is 0 Å². The Morgan fingerprint density at radius 2 is 2.11 bits per heavy atom. The number of amides is 1. The zero-order chi connectivity index (χ0) is 13.6. The molecule has 0 atom stereocenters. The molecule has 1 amide bonds. The molecule has 1 rings (SSSR count). The van der Waals surface area contributed by atoms with Gasteiger partial charge in [0, 0.05) is 13.1 Å². The minimum atomic E-state index is -0.425. The highest BCUT2D eigenvalue weighted by atomic mass is 16.6. The summed E-state index contributed by atoms with van der Waals surface area (Å²) in [5.41, 5.74) is -0.425. The third kappa shape index (κ3) is 5.69. The number of hydrogen-bond acceptors (Lipinski definition) is 4. The lowest BCUT2D eigenvalue weighted by Gasteiger charge is -2.28. The van der Waals surface area contributed by atoms with E-state index in [0.29, 0.717) is 12.6 Å². The number of ether oxygens (including phenoxy) is 2. The lowest BCUT2D eigenvalue weighted by Crippen LogP contribution is -2.46. The topological polar surface area (TPSA) is 50.8 Å². The SMILES string of the molecule is CCN(CCCNC1COC1)C(=O)OC(C)(C)C. The molecule has 1 fully saturated rings. The van der Waals surface area contributed by atoms with E-state index in [-0.39, 0.29) is 6.09 Å². The zero-order valence-electron chi connectivity index (χ0n) is 12.0. The Labute approximate surface area is 110 Å². The van der Waals surface area contributed by atoms with Gasteiger partial charge in [-0.3, -0.25) is 0 Å². The summed E-state index contributed by atoms with van der Waals surface area (Å²) >= 11 is 0. The van der Waals surface area contributed by atoms with Crippen LogP contribution in [0.15, 0.2) is 0 Å². The molecule has 0 radical (unpaired) electrons. The second-order valence-corrected chi connectivity index (χ2v) is 5.60. The van der Waals surface area contributed by atoms with Crippen LogP contribution in [0.3, 0.4) is 0 Å². The molecular formula is C13H26N2O3. The monoisotopic (exact) mass is 258 g/mol. The van der Waals surface area contributed by atoms with Gasteiger partial charge in [-0.2, -0.15) is 0 Å². The molecule has 0 aromatic rings.